The summed E-state index contributed by atoms with van der Waals surface area (Å²) in [6.07, 6.45) is 4.21. The van der Waals surface area contributed by atoms with E-state index >= 15 is 0 Å². The highest BCUT2D eigenvalue weighted by atomic mass is 32.2. The number of hydrogen-bond acceptors (Lipinski definition) is 4. The van der Waals surface area contributed by atoms with Gasteiger partial charge in [0.1, 0.15) is 6.04 Å². The summed E-state index contributed by atoms with van der Waals surface area (Å²) in [4.78, 5) is 31.3. The highest BCUT2D eigenvalue weighted by Crippen LogP contribution is 2.33. The molecule has 0 aromatic carbocycles. The number of aromatic nitrogens is 1. The zero-order valence-corrected chi connectivity index (χ0v) is 16.2. The normalized spacial score (nSPS) is 19.8. The standard InChI is InChI=1S/C19H27N3O2S/c1-13(2)9-17(23)22-16(12-25-18(22)10-14(3)4)19(24)21-11-15-7-5-6-8-20-15/h5-9,14,16,18H,10-12H2,1-4H3,(H,21,24)/t16-,18-/m1/s1. The van der Waals surface area contributed by atoms with Gasteiger partial charge >= 0.3 is 0 Å². The molecule has 6 heteroatoms. The molecule has 1 aromatic rings. The minimum Gasteiger partial charge on any atom is -0.349 e. The van der Waals surface area contributed by atoms with E-state index in [4.69, 9.17) is 0 Å². The Morgan fingerprint density at radius 1 is 1.40 bits per heavy atom. The van der Waals surface area contributed by atoms with E-state index in [2.05, 4.69) is 24.1 Å². The Morgan fingerprint density at radius 3 is 2.76 bits per heavy atom. The molecule has 0 saturated carbocycles. The maximum Gasteiger partial charge on any atom is 0.248 e. The van der Waals surface area contributed by atoms with Crippen molar-refractivity contribution >= 4 is 23.6 Å². The minimum atomic E-state index is -0.430. The molecule has 1 aromatic heterocycles. The number of hydrogen-bond donors (Lipinski definition) is 1. The lowest BCUT2D eigenvalue weighted by molar-refractivity contribution is -0.136. The van der Waals surface area contributed by atoms with Crippen molar-refractivity contribution < 1.29 is 9.59 Å². The van der Waals surface area contributed by atoms with Crippen LogP contribution < -0.4 is 5.32 Å². The third kappa shape index (κ3) is 5.59. The summed E-state index contributed by atoms with van der Waals surface area (Å²) in [5.74, 6) is 0.914. The fourth-order valence-electron chi connectivity index (χ4n) is 2.77. The van der Waals surface area contributed by atoms with Gasteiger partial charge in [0, 0.05) is 18.0 Å². The second kappa shape index (κ2) is 9.04. The topological polar surface area (TPSA) is 62.3 Å². The highest BCUT2D eigenvalue weighted by Gasteiger charge is 2.40. The summed E-state index contributed by atoms with van der Waals surface area (Å²) in [7, 11) is 0. The number of nitrogens with zero attached hydrogens (tertiary/aromatic N) is 2. The van der Waals surface area contributed by atoms with Crippen LogP contribution in [0.2, 0.25) is 0 Å². The number of nitrogens with one attached hydrogen (secondary N) is 1. The number of carbonyl (C=O) groups excluding carboxylic acids is 2. The first-order chi connectivity index (χ1) is 11.9. The van der Waals surface area contributed by atoms with E-state index in [9.17, 15) is 9.59 Å². The lowest BCUT2D eigenvalue weighted by Crippen LogP contribution is -2.49. The van der Waals surface area contributed by atoms with Gasteiger partial charge in [-0.3, -0.25) is 14.6 Å². The number of allylic oxidation sites excluding steroid dienone is 1. The summed E-state index contributed by atoms with van der Waals surface area (Å²) >= 11 is 1.69. The molecular formula is C19H27N3O2S. The Kier molecular flexibility index (Phi) is 7.05. The molecule has 1 aliphatic heterocycles. The van der Waals surface area contributed by atoms with Crippen molar-refractivity contribution in [2.24, 2.45) is 5.92 Å². The highest BCUT2D eigenvalue weighted by molar-refractivity contribution is 8.00. The average Bonchev–Trinajstić information content (AvgIpc) is 2.96. The van der Waals surface area contributed by atoms with Gasteiger partial charge in [0.2, 0.25) is 11.8 Å². The summed E-state index contributed by atoms with van der Waals surface area (Å²) in [6.45, 7) is 8.45. The first-order valence-corrected chi connectivity index (χ1v) is 9.69. The van der Waals surface area contributed by atoms with E-state index in [1.54, 1.807) is 28.9 Å². The fraction of sp³-hybridized carbons (Fsp3) is 0.526. The summed E-state index contributed by atoms with van der Waals surface area (Å²) < 4.78 is 0. The minimum absolute atomic E-state index is 0.0497. The molecule has 136 valence electrons. The zero-order chi connectivity index (χ0) is 18.4. The van der Waals surface area contributed by atoms with Gasteiger partial charge in [0.15, 0.2) is 0 Å². The van der Waals surface area contributed by atoms with E-state index in [0.717, 1.165) is 17.7 Å². The smallest absolute Gasteiger partial charge is 0.248 e. The molecule has 1 saturated heterocycles. The average molecular weight is 362 g/mol. The van der Waals surface area contributed by atoms with Crippen LogP contribution >= 0.6 is 11.8 Å². The van der Waals surface area contributed by atoms with E-state index in [1.807, 2.05) is 32.0 Å². The number of carbonyl (C=O) groups is 2. The van der Waals surface area contributed by atoms with Crippen LogP contribution in [0.15, 0.2) is 36.0 Å². The third-order valence-corrected chi connectivity index (χ3v) is 5.22. The van der Waals surface area contributed by atoms with Crippen LogP contribution in [0.4, 0.5) is 0 Å². The molecule has 1 N–H and O–H groups in total. The zero-order valence-electron chi connectivity index (χ0n) is 15.4. The molecule has 1 fully saturated rings. The van der Waals surface area contributed by atoms with Crippen molar-refractivity contribution in [3.05, 3.63) is 41.7 Å². The van der Waals surface area contributed by atoms with Gasteiger partial charge < -0.3 is 10.2 Å². The van der Waals surface area contributed by atoms with E-state index < -0.39 is 6.04 Å². The Morgan fingerprint density at radius 2 is 2.16 bits per heavy atom. The molecule has 0 unspecified atom stereocenters. The van der Waals surface area contributed by atoms with Crippen LogP contribution in [0.5, 0.6) is 0 Å². The van der Waals surface area contributed by atoms with Crippen molar-refractivity contribution in [2.75, 3.05) is 5.75 Å². The third-order valence-electron chi connectivity index (χ3n) is 3.90. The van der Waals surface area contributed by atoms with E-state index in [1.165, 1.54) is 0 Å². The lowest BCUT2D eigenvalue weighted by Gasteiger charge is -2.29. The van der Waals surface area contributed by atoms with Crippen LogP contribution in [0.25, 0.3) is 0 Å². The van der Waals surface area contributed by atoms with Gasteiger partial charge in [0.25, 0.3) is 0 Å². The van der Waals surface area contributed by atoms with Crippen molar-refractivity contribution in [2.45, 2.75) is 52.1 Å². The molecule has 2 amide bonds. The molecule has 2 rings (SSSR count). The molecule has 0 aliphatic carbocycles. The van der Waals surface area contributed by atoms with Crippen LogP contribution in [0.1, 0.15) is 39.8 Å². The monoisotopic (exact) mass is 361 g/mol. The van der Waals surface area contributed by atoms with Gasteiger partial charge in [-0.1, -0.05) is 25.5 Å². The molecule has 0 bridgehead atoms. The Balaban J connectivity index is 2.09. The van der Waals surface area contributed by atoms with Gasteiger partial charge in [-0.05, 0) is 38.3 Å². The number of pyridine rings is 1. The molecule has 0 radical (unpaired) electrons. The van der Waals surface area contributed by atoms with Crippen molar-refractivity contribution in [1.29, 1.82) is 0 Å². The molecule has 1 aliphatic rings. The number of rotatable bonds is 6. The molecule has 0 spiro atoms. The van der Waals surface area contributed by atoms with Gasteiger partial charge in [-0.2, -0.15) is 0 Å². The molecular weight excluding hydrogens is 334 g/mol. The van der Waals surface area contributed by atoms with E-state index in [0.29, 0.717) is 18.2 Å². The molecule has 5 nitrogen and oxygen atoms in total. The Bertz CT molecular complexity index is 627. The Labute approximate surface area is 154 Å². The maximum atomic E-state index is 12.7. The first-order valence-electron chi connectivity index (χ1n) is 8.65. The van der Waals surface area contributed by atoms with Crippen LogP contribution in [-0.4, -0.2) is 38.9 Å². The maximum absolute atomic E-state index is 12.7. The molecule has 2 heterocycles. The molecule has 25 heavy (non-hydrogen) atoms. The van der Waals surface area contributed by atoms with Crippen LogP contribution in [-0.2, 0) is 16.1 Å². The predicted molar refractivity (Wildman–Crippen MR) is 102 cm³/mol. The fourth-order valence-corrected chi connectivity index (χ4v) is 4.41. The Hall–Kier alpha value is -1.82. The van der Waals surface area contributed by atoms with Gasteiger partial charge in [-0.15, -0.1) is 11.8 Å². The number of amides is 2. The van der Waals surface area contributed by atoms with Crippen molar-refractivity contribution in [3.63, 3.8) is 0 Å². The van der Waals surface area contributed by atoms with Crippen LogP contribution in [0.3, 0.4) is 0 Å². The quantitative estimate of drug-likeness (QED) is 0.791. The first kappa shape index (κ1) is 19.5. The second-order valence-electron chi connectivity index (χ2n) is 6.94. The number of thioether (sulfide) groups is 1. The van der Waals surface area contributed by atoms with Crippen LogP contribution in [0, 0.1) is 5.92 Å². The largest absolute Gasteiger partial charge is 0.349 e. The van der Waals surface area contributed by atoms with Gasteiger partial charge in [-0.25, -0.2) is 0 Å². The van der Waals surface area contributed by atoms with Gasteiger partial charge in [0.05, 0.1) is 17.6 Å². The van der Waals surface area contributed by atoms with Crippen molar-refractivity contribution in [1.82, 2.24) is 15.2 Å². The summed E-state index contributed by atoms with van der Waals surface area (Å²) in [6, 6.07) is 5.18. The second-order valence-corrected chi connectivity index (χ2v) is 8.15. The summed E-state index contributed by atoms with van der Waals surface area (Å²) in [5, 5.41) is 2.97. The SMILES string of the molecule is CC(C)=CC(=O)N1[C@@H](C(=O)NCc2ccccn2)CS[C@@H]1CC(C)C. The van der Waals surface area contributed by atoms with Crippen molar-refractivity contribution in [3.8, 4) is 0 Å². The van der Waals surface area contributed by atoms with E-state index in [-0.39, 0.29) is 17.2 Å². The predicted octanol–water partition coefficient (Wildman–Crippen LogP) is 2.98. The lowest BCUT2D eigenvalue weighted by atomic mass is 10.1. The summed E-state index contributed by atoms with van der Waals surface area (Å²) in [5.41, 5.74) is 1.75. The molecule has 2 atom stereocenters.